The summed E-state index contributed by atoms with van der Waals surface area (Å²) in [6.45, 7) is 8.80. The van der Waals surface area contributed by atoms with E-state index in [1.165, 1.54) is 15.9 Å². The maximum absolute atomic E-state index is 11.9. The molecular weight excluding hydrogens is 260 g/mol. The summed E-state index contributed by atoms with van der Waals surface area (Å²) in [5.41, 5.74) is -0.640. The summed E-state index contributed by atoms with van der Waals surface area (Å²) in [6, 6.07) is 0. The molecule has 0 rings (SSSR count). The normalized spacial score (nSPS) is 10.7. The standard InChI is InChI=1S/C14H24N2O4/c1-7-8-16(13(19)20-14(2,3)4)10-11(17)9-12(18)15(5)6/h7H,1,8-10H2,2-6H3. The molecule has 6 nitrogen and oxygen atoms in total. The number of ether oxygens (including phenoxy) is 1. The molecule has 0 saturated heterocycles. The van der Waals surface area contributed by atoms with Crippen molar-refractivity contribution in [2.75, 3.05) is 27.2 Å². The van der Waals surface area contributed by atoms with Gasteiger partial charge in [-0.25, -0.2) is 4.79 Å². The molecule has 0 aromatic rings. The van der Waals surface area contributed by atoms with Gasteiger partial charge in [-0.05, 0) is 20.8 Å². The molecular formula is C14H24N2O4. The lowest BCUT2D eigenvalue weighted by Gasteiger charge is -2.26. The van der Waals surface area contributed by atoms with E-state index in [-0.39, 0.29) is 31.2 Å². The van der Waals surface area contributed by atoms with Crippen molar-refractivity contribution in [1.29, 1.82) is 0 Å². The zero-order valence-electron chi connectivity index (χ0n) is 12.9. The van der Waals surface area contributed by atoms with Gasteiger partial charge in [-0.3, -0.25) is 14.5 Å². The summed E-state index contributed by atoms with van der Waals surface area (Å²) in [5, 5.41) is 0. The Bertz CT molecular complexity index is 383. The lowest BCUT2D eigenvalue weighted by Crippen LogP contribution is -2.40. The van der Waals surface area contributed by atoms with Crippen molar-refractivity contribution in [1.82, 2.24) is 9.80 Å². The van der Waals surface area contributed by atoms with Gasteiger partial charge in [0.1, 0.15) is 5.60 Å². The molecule has 0 N–H and O–H groups in total. The molecule has 0 atom stereocenters. The van der Waals surface area contributed by atoms with Crippen LogP contribution in [0.4, 0.5) is 4.79 Å². The highest BCUT2D eigenvalue weighted by Crippen LogP contribution is 2.10. The van der Waals surface area contributed by atoms with Gasteiger partial charge >= 0.3 is 6.09 Å². The smallest absolute Gasteiger partial charge is 0.410 e. The minimum absolute atomic E-state index is 0.166. The van der Waals surface area contributed by atoms with Gasteiger partial charge in [0.05, 0.1) is 13.0 Å². The molecule has 0 aromatic carbocycles. The van der Waals surface area contributed by atoms with Crippen LogP contribution in [-0.4, -0.2) is 60.4 Å². The molecule has 0 unspecified atom stereocenters. The van der Waals surface area contributed by atoms with Crippen LogP contribution in [0.15, 0.2) is 12.7 Å². The number of Topliss-reactive ketones (excluding diaryl/α,β-unsaturated/α-hetero) is 1. The number of hydrogen-bond acceptors (Lipinski definition) is 4. The molecule has 0 aliphatic carbocycles. The van der Waals surface area contributed by atoms with Gasteiger partial charge in [-0.2, -0.15) is 0 Å². The third-order valence-electron chi connectivity index (χ3n) is 2.22. The predicted octanol–water partition coefficient (Wildman–Crippen LogP) is 1.46. The van der Waals surface area contributed by atoms with Gasteiger partial charge in [0.2, 0.25) is 5.91 Å². The Morgan fingerprint density at radius 3 is 2.15 bits per heavy atom. The third kappa shape index (κ3) is 7.56. The van der Waals surface area contributed by atoms with E-state index >= 15 is 0 Å². The maximum atomic E-state index is 11.9. The van der Waals surface area contributed by atoms with Crippen LogP contribution in [0.3, 0.4) is 0 Å². The van der Waals surface area contributed by atoms with E-state index in [1.807, 2.05) is 0 Å². The van der Waals surface area contributed by atoms with E-state index in [4.69, 9.17) is 4.74 Å². The Morgan fingerprint density at radius 1 is 1.20 bits per heavy atom. The molecule has 0 aliphatic heterocycles. The lowest BCUT2D eigenvalue weighted by atomic mass is 10.2. The molecule has 0 fully saturated rings. The van der Waals surface area contributed by atoms with E-state index in [9.17, 15) is 14.4 Å². The fourth-order valence-corrected chi connectivity index (χ4v) is 1.28. The first-order valence-electron chi connectivity index (χ1n) is 6.37. The van der Waals surface area contributed by atoms with Crippen molar-refractivity contribution in [3.05, 3.63) is 12.7 Å². The molecule has 6 heteroatoms. The van der Waals surface area contributed by atoms with Gasteiger partial charge < -0.3 is 9.64 Å². The molecule has 0 aromatic heterocycles. The fourth-order valence-electron chi connectivity index (χ4n) is 1.28. The monoisotopic (exact) mass is 284 g/mol. The lowest BCUT2D eigenvalue weighted by molar-refractivity contribution is -0.133. The van der Waals surface area contributed by atoms with Crippen molar-refractivity contribution >= 4 is 17.8 Å². The van der Waals surface area contributed by atoms with E-state index < -0.39 is 11.7 Å². The Balaban J connectivity index is 4.61. The molecule has 2 amide bonds. The molecule has 0 spiro atoms. The second kappa shape index (κ2) is 7.67. The average Bonchev–Trinajstić information content (AvgIpc) is 2.25. The second-order valence-electron chi connectivity index (χ2n) is 5.65. The average molecular weight is 284 g/mol. The van der Waals surface area contributed by atoms with Crippen LogP contribution in [0.1, 0.15) is 27.2 Å². The highest BCUT2D eigenvalue weighted by Gasteiger charge is 2.24. The summed E-state index contributed by atoms with van der Waals surface area (Å²) >= 11 is 0. The minimum atomic E-state index is -0.640. The Hall–Kier alpha value is -1.85. The van der Waals surface area contributed by atoms with Crippen molar-refractivity contribution in [3.8, 4) is 0 Å². The number of carbonyl (C=O) groups is 3. The van der Waals surface area contributed by atoms with Crippen LogP contribution in [-0.2, 0) is 14.3 Å². The molecule has 20 heavy (non-hydrogen) atoms. The third-order valence-corrected chi connectivity index (χ3v) is 2.22. The Kier molecular flexibility index (Phi) is 6.96. The second-order valence-corrected chi connectivity index (χ2v) is 5.65. The zero-order chi connectivity index (χ0) is 15.9. The minimum Gasteiger partial charge on any atom is -0.444 e. The van der Waals surface area contributed by atoms with E-state index in [2.05, 4.69) is 6.58 Å². The number of rotatable bonds is 6. The Morgan fingerprint density at radius 2 is 1.75 bits per heavy atom. The number of hydrogen-bond donors (Lipinski definition) is 0. The maximum Gasteiger partial charge on any atom is 0.410 e. The predicted molar refractivity (Wildman–Crippen MR) is 76.3 cm³/mol. The molecule has 114 valence electrons. The molecule has 0 aliphatic rings. The quantitative estimate of drug-likeness (QED) is 0.547. The van der Waals surface area contributed by atoms with Crippen LogP contribution >= 0.6 is 0 Å². The number of carbonyl (C=O) groups excluding carboxylic acids is 3. The molecule has 0 saturated carbocycles. The summed E-state index contributed by atoms with van der Waals surface area (Å²) in [4.78, 5) is 37.7. The van der Waals surface area contributed by atoms with Crippen molar-refractivity contribution in [3.63, 3.8) is 0 Å². The summed E-state index contributed by atoms with van der Waals surface area (Å²) in [5.74, 6) is -0.630. The largest absolute Gasteiger partial charge is 0.444 e. The van der Waals surface area contributed by atoms with Crippen molar-refractivity contribution < 1.29 is 19.1 Å². The zero-order valence-corrected chi connectivity index (χ0v) is 12.9. The van der Waals surface area contributed by atoms with Crippen LogP contribution in [0.2, 0.25) is 0 Å². The first kappa shape index (κ1) is 18.1. The highest BCUT2D eigenvalue weighted by molar-refractivity contribution is 5.99. The number of nitrogens with zero attached hydrogens (tertiary/aromatic N) is 2. The molecule has 0 radical (unpaired) electrons. The number of amides is 2. The van der Waals surface area contributed by atoms with E-state index in [0.29, 0.717) is 0 Å². The first-order chi connectivity index (χ1) is 9.06. The van der Waals surface area contributed by atoms with Gasteiger partial charge in [-0.1, -0.05) is 6.08 Å². The number of ketones is 1. The molecule has 0 bridgehead atoms. The van der Waals surface area contributed by atoms with Crippen LogP contribution < -0.4 is 0 Å². The summed E-state index contributed by atoms with van der Waals surface area (Å²) in [6.07, 6.45) is 0.678. The van der Waals surface area contributed by atoms with Crippen LogP contribution in [0, 0.1) is 0 Å². The SMILES string of the molecule is C=CCN(CC(=O)CC(=O)N(C)C)C(=O)OC(C)(C)C. The topological polar surface area (TPSA) is 66.9 Å². The van der Waals surface area contributed by atoms with Crippen molar-refractivity contribution in [2.45, 2.75) is 32.8 Å². The van der Waals surface area contributed by atoms with E-state index in [1.54, 1.807) is 34.9 Å². The first-order valence-corrected chi connectivity index (χ1v) is 6.37. The van der Waals surface area contributed by atoms with E-state index in [0.717, 1.165) is 0 Å². The fraction of sp³-hybridized carbons (Fsp3) is 0.643. The van der Waals surface area contributed by atoms with Crippen LogP contribution in [0.25, 0.3) is 0 Å². The summed E-state index contributed by atoms with van der Waals surface area (Å²) in [7, 11) is 3.15. The highest BCUT2D eigenvalue weighted by atomic mass is 16.6. The summed E-state index contributed by atoms with van der Waals surface area (Å²) < 4.78 is 5.20. The van der Waals surface area contributed by atoms with Crippen molar-refractivity contribution in [2.24, 2.45) is 0 Å². The Labute approximate surface area is 120 Å². The van der Waals surface area contributed by atoms with Crippen LogP contribution in [0.5, 0.6) is 0 Å². The van der Waals surface area contributed by atoms with Gasteiger partial charge in [0.25, 0.3) is 0 Å². The van der Waals surface area contributed by atoms with Gasteiger partial charge in [-0.15, -0.1) is 6.58 Å². The molecule has 0 heterocycles. The van der Waals surface area contributed by atoms with Gasteiger partial charge in [0, 0.05) is 20.6 Å². The van der Waals surface area contributed by atoms with Gasteiger partial charge in [0.15, 0.2) is 5.78 Å².